The van der Waals surface area contributed by atoms with Gasteiger partial charge in [-0.1, -0.05) is 0 Å². The van der Waals surface area contributed by atoms with Gasteiger partial charge in [0.05, 0.1) is 11.4 Å². The Morgan fingerprint density at radius 3 is 2.56 bits per heavy atom. The van der Waals surface area contributed by atoms with Crippen molar-refractivity contribution >= 4 is 10.0 Å². The van der Waals surface area contributed by atoms with Gasteiger partial charge in [0.2, 0.25) is 10.0 Å². The molecule has 0 spiro atoms. The number of hydrogen-bond acceptors (Lipinski definition) is 3. The smallest absolute Gasteiger partial charge is 0.262 e. The number of benzene rings is 1. The van der Waals surface area contributed by atoms with Gasteiger partial charge in [-0.15, -0.1) is 0 Å². The van der Waals surface area contributed by atoms with Crippen LogP contribution < -0.4 is 0 Å². The molecule has 2 rings (SSSR count). The fourth-order valence-corrected chi connectivity index (χ4v) is 3.40. The highest BCUT2D eigenvalue weighted by molar-refractivity contribution is 7.89. The number of rotatable bonds is 2. The zero-order chi connectivity index (χ0) is 13.6. The van der Waals surface area contributed by atoms with Gasteiger partial charge in [0.1, 0.15) is 5.75 Å². The van der Waals surface area contributed by atoms with Gasteiger partial charge in [-0.25, -0.2) is 17.2 Å². The minimum absolute atomic E-state index is 0.0271. The van der Waals surface area contributed by atoms with Crippen LogP contribution in [-0.4, -0.2) is 36.8 Å². The molecule has 1 heterocycles. The van der Waals surface area contributed by atoms with Crippen molar-refractivity contribution in [3.05, 3.63) is 23.8 Å². The SMILES string of the molecule is Cc1cc(S(=O)(=O)N2CCC(F)(F)C2)ccc1O. The quantitative estimate of drug-likeness (QED) is 0.895. The first-order chi connectivity index (χ1) is 8.22. The summed E-state index contributed by atoms with van der Waals surface area (Å²) in [6.45, 7) is 0.581. The average molecular weight is 277 g/mol. The Morgan fingerprint density at radius 1 is 1.39 bits per heavy atom. The number of aryl methyl sites for hydroxylation is 1. The van der Waals surface area contributed by atoms with Crippen LogP contribution in [-0.2, 0) is 10.0 Å². The van der Waals surface area contributed by atoms with Crippen LogP contribution in [0.4, 0.5) is 8.78 Å². The molecule has 1 aromatic rings. The third-order valence-electron chi connectivity index (χ3n) is 2.94. The minimum atomic E-state index is -3.91. The van der Waals surface area contributed by atoms with E-state index in [1.54, 1.807) is 6.92 Å². The van der Waals surface area contributed by atoms with Gasteiger partial charge in [0.15, 0.2) is 0 Å². The predicted molar refractivity (Wildman–Crippen MR) is 61.2 cm³/mol. The number of halogens is 2. The van der Waals surface area contributed by atoms with Gasteiger partial charge in [-0.2, -0.15) is 4.31 Å². The summed E-state index contributed by atoms with van der Waals surface area (Å²) in [5.74, 6) is -2.99. The lowest BCUT2D eigenvalue weighted by Gasteiger charge is -2.16. The number of alkyl halides is 2. The Bertz CT molecular complexity index is 572. The fraction of sp³-hybridized carbons (Fsp3) is 0.455. The largest absolute Gasteiger partial charge is 0.508 e. The van der Waals surface area contributed by atoms with E-state index in [9.17, 15) is 22.3 Å². The normalized spacial score (nSPS) is 20.2. The summed E-state index contributed by atoms with van der Waals surface area (Å²) in [4.78, 5) is -0.0736. The lowest BCUT2D eigenvalue weighted by Crippen LogP contribution is -2.31. The predicted octanol–water partition coefficient (Wildman–Crippen LogP) is 1.73. The van der Waals surface area contributed by atoms with Crippen LogP contribution in [0.25, 0.3) is 0 Å². The van der Waals surface area contributed by atoms with Gasteiger partial charge in [-0.05, 0) is 30.7 Å². The summed E-state index contributed by atoms with van der Waals surface area (Å²) in [6.07, 6.45) is -0.455. The van der Waals surface area contributed by atoms with Crippen LogP contribution in [0.3, 0.4) is 0 Å². The third-order valence-corrected chi connectivity index (χ3v) is 4.78. The molecule has 1 fully saturated rings. The van der Waals surface area contributed by atoms with Crippen molar-refractivity contribution in [1.82, 2.24) is 4.31 Å². The molecule has 1 saturated heterocycles. The van der Waals surface area contributed by atoms with Gasteiger partial charge in [0, 0.05) is 13.0 Å². The lowest BCUT2D eigenvalue weighted by molar-refractivity contribution is 0.0183. The molecule has 0 bridgehead atoms. The van der Waals surface area contributed by atoms with E-state index in [4.69, 9.17) is 0 Å². The summed E-state index contributed by atoms with van der Waals surface area (Å²) >= 11 is 0. The first kappa shape index (κ1) is 13.2. The summed E-state index contributed by atoms with van der Waals surface area (Å²) in [6, 6.07) is 3.74. The van der Waals surface area contributed by atoms with Crippen LogP contribution >= 0.6 is 0 Å². The molecule has 1 aromatic carbocycles. The van der Waals surface area contributed by atoms with Crippen LogP contribution in [0.5, 0.6) is 5.75 Å². The molecule has 1 aliphatic heterocycles. The van der Waals surface area contributed by atoms with E-state index >= 15 is 0 Å². The second-order valence-corrected chi connectivity index (χ2v) is 6.33. The minimum Gasteiger partial charge on any atom is -0.508 e. The molecule has 7 heteroatoms. The third kappa shape index (κ3) is 2.32. The number of phenolic OH excluding ortho intramolecular Hbond substituents is 1. The monoisotopic (exact) mass is 277 g/mol. The molecule has 1 aliphatic rings. The molecule has 1 N–H and O–H groups in total. The maximum absolute atomic E-state index is 13.0. The fourth-order valence-electron chi connectivity index (χ4n) is 1.85. The van der Waals surface area contributed by atoms with Gasteiger partial charge in [0.25, 0.3) is 5.92 Å². The lowest BCUT2D eigenvalue weighted by atomic mass is 10.2. The zero-order valence-corrected chi connectivity index (χ0v) is 10.5. The van der Waals surface area contributed by atoms with E-state index in [0.29, 0.717) is 5.56 Å². The highest BCUT2D eigenvalue weighted by Crippen LogP contribution is 2.32. The number of aromatic hydroxyl groups is 1. The second kappa shape index (κ2) is 4.17. The van der Waals surface area contributed by atoms with E-state index in [0.717, 1.165) is 4.31 Å². The maximum Gasteiger partial charge on any atom is 0.262 e. The van der Waals surface area contributed by atoms with Crippen molar-refractivity contribution in [3.8, 4) is 5.75 Å². The van der Waals surface area contributed by atoms with Crippen molar-refractivity contribution in [2.24, 2.45) is 0 Å². The molecular formula is C11H13F2NO3S. The van der Waals surface area contributed by atoms with E-state index in [-0.39, 0.29) is 17.2 Å². The standard InChI is InChI=1S/C11H13F2NO3S/c1-8-6-9(2-3-10(8)15)18(16,17)14-5-4-11(12,13)7-14/h2-3,6,15H,4-5,7H2,1H3. The molecule has 0 aliphatic carbocycles. The number of phenols is 1. The van der Waals surface area contributed by atoms with Crippen molar-refractivity contribution in [1.29, 1.82) is 0 Å². The number of nitrogens with zero attached hydrogens (tertiary/aromatic N) is 1. The molecule has 0 amide bonds. The topological polar surface area (TPSA) is 57.6 Å². The average Bonchev–Trinajstić information content (AvgIpc) is 2.63. The molecule has 4 nitrogen and oxygen atoms in total. The second-order valence-electron chi connectivity index (χ2n) is 4.39. The van der Waals surface area contributed by atoms with Crippen LogP contribution in [0.1, 0.15) is 12.0 Å². The molecule has 0 radical (unpaired) electrons. The first-order valence-corrected chi connectivity index (χ1v) is 6.84. The van der Waals surface area contributed by atoms with Crippen LogP contribution in [0, 0.1) is 6.92 Å². The molecule has 0 atom stereocenters. The Morgan fingerprint density at radius 2 is 2.06 bits per heavy atom. The van der Waals surface area contributed by atoms with Crippen molar-refractivity contribution < 1.29 is 22.3 Å². The van der Waals surface area contributed by atoms with E-state index in [1.165, 1.54) is 18.2 Å². The maximum atomic E-state index is 13.0. The highest BCUT2D eigenvalue weighted by Gasteiger charge is 2.43. The molecule has 18 heavy (non-hydrogen) atoms. The van der Waals surface area contributed by atoms with Gasteiger partial charge >= 0.3 is 0 Å². The molecule has 0 saturated carbocycles. The Kier molecular flexibility index (Phi) is 3.06. The van der Waals surface area contributed by atoms with Gasteiger partial charge in [-0.3, -0.25) is 0 Å². The number of hydrogen-bond donors (Lipinski definition) is 1. The van der Waals surface area contributed by atoms with Crippen molar-refractivity contribution in [2.45, 2.75) is 24.2 Å². The zero-order valence-electron chi connectivity index (χ0n) is 9.73. The van der Waals surface area contributed by atoms with E-state index in [2.05, 4.69) is 0 Å². The highest BCUT2D eigenvalue weighted by atomic mass is 32.2. The summed E-state index contributed by atoms with van der Waals surface area (Å²) in [7, 11) is -3.91. The van der Waals surface area contributed by atoms with E-state index in [1.807, 2.05) is 0 Å². The Balaban J connectivity index is 2.34. The van der Waals surface area contributed by atoms with Crippen LogP contribution in [0.2, 0.25) is 0 Å². The molecule has 100 valence electrons. The summed E-state index contributed by atoms with van der Waals surface area (Å²) in [5.41, 5.74) is 0.391. The van der Waals surface area contributed by atoms with E-state index < -0.39 is 28.9 Å². The molecule has 0 unspecified atom stereocenters. The first-order valence-electron chi connectivity index (χ1n) is 5.40. The number of sulfonamides is 1. The molecule has 0 aromatic heterocycles. The van der Waals surface area contributed by atoms with Gasteiger partial charge < -0.3 is 5.11 Å². The summed E-state index contributed by atoms with van der Waals surface area (Å²) < 4.78 is 51.0. The van der Waals surface area contributed by atoms with Crippen molar-refractivity contribution in [3.63, 3.8) is 0 Å². The summed E-state index contributed by atoms with van der Waals surface area (Å²) in [5, 5.41) is 9.33. The Labute approximate surface area is 104 Å². The Hall–Kier alpha value is -1.21. The van der Waals surface area contributed by atoms with Crippen molar-refractivity contribution in [2.75, 3.05) is 13.1 Å². The van der Waals surface area contributed by atoms with Crippen LogP contribution in [0.15, 0.2) is 23.1 Å². The molecular weight excluding hydrogens is 264 g/mol.